The molecular weight excluding hydrogens is 458 g/mol. The summed E-state index contributed by atoms with van der Waals surface area (Å²) in [4.78, 5) is 30.3. The van der Waals surface area contributed by atoms with Crippen molar-refractivity contribution < 1.29 is 19.1 Å². The number of rotatable bonds is 9. The molecule has 0 spiro atoms. The molecule has 0 fully saturated rings. The number of ether oxygens (including phenoxy) is 2. The smallest absolute Gasteiger partial charge is 0.330 e. The first-order valence-electron chi connectivity index (χ1n) is 11.0. The van der Waals surface area contributed by atoms with Crippen molar-refractivity contribution in [1.29, 1.82) is 0 Å². The van der Waals surface area contributed by atoms with E-state index in [1.165, 1.54) is 6.08 Å². The van der Waals surface area contributed by atoms with Gasteiger partial charge in [-0.2, -0.15) is 0 Å². The summed E-state index contributed by atoms with van der Waals surface area (Å²) in [6.45, 7) is 6.18. The Bertz CT molecular complexity index is 1070. The van der Waals surface area contributed by atoms with Crippen molar-refractivity contribution in [1.82, 2.24) is 0 Å². The van der Waals surface area contributed by atoms with Crippen molar-refractivity contribution in [2.45, 2.75) is 49.3 Å². The molecule has 0 aliphatic carbocycles. The Morgan fingerprint density at radius 2 is 1.79 bits per heavy atom. The molecule has 0 saturated heterocycles. The third-order valence-electron chi connectivity index (χ3n) is 5.48. The molecule has 0 saturated carbocycles. The molecule has 2 aromatic rings. The van der Waals surface area contributed by atoms with Gasteiger partial charge in [-0.05, 0) is 50.5 Å². The summed E-state index contributed by atoms with van der Waals surface area (Å²) in [7, 11) is 0. The maximum atomic E-state index is 12.3. The number of hydrogen-bond acceptors (Lipinski definition) is 6. The summed E-state index contributed by atoms with van der Waals surface area (Å²) in [5.41, 5.74) is 2.06. The average Bonchev–Trinajstić information content (AvgIpc) is 3.12. The lowest BCUT2D eigenvalue weighted by atomic mass is 9.75. The van der Waals surface area contributed by atoms with Crippen molar-refractivity contribution in [3.05, 3.63) is 71.8 Å². The number of allylic oxidation sites excluding steroid dienone is 1. The van der Waals surface area contributed by atoms with Crippen LogP contribution in [0.15, 0.2) is 70.6 Å². The first kappa shape index (κ1) is 25.1. The molecule has 7 heteroatoms. The van der Waals surface area contributed by atoms with Crippen molar-refractivity contribution in [2.24, 2.45) is 4.99 Å². The maximum absolute atomic E-state index is 12.3. The second-order valence-corrected chi connectivity index (χ2v) is 9.09. The van der Waals surface area contributed by atoms with E-state index in [0.717, 1.165) is 26.8 Å². The number of benzene rings is 2. The molecule has 1 aliphatic rings. The summed E-state index contributed by atoms with van der Waals surface area (Å²) >= 11 is 8.58. The van der Waals surface area contributed by atoms with Crippen molar-refractivity contribution in [2.75, 3.05) is 13.2 Å². The van der Waals surface area contributed by atoms with E-state index in [4.69, 9.17) is 26.1 Å². The van der Waals surface area contributed by atoms with Gasteiger partial charge >= 0.3 is 11.9 Å². The van der Waals surface area contributed by atoms with Gasteiger partial charge < -0.3 is 9.47 Å². The summed E-state index contributed by atoms with van der Waals surface area (Å²) < 4.78 is 10.2. The van der Waals surface area contributed by atoms with Gasteiger partial charge in [0, 0.05) is 17.4 Å². The number of aliphatic imine (C=N–C) groups is 1. The summed E-state index contributed by atoms with van der Waals surface area (Å²) in [6, 6.07) is 15.9. The van der Waals surface area contributed by atoms with E-state index in [1.807, 2.05) is 55.5 Å². The van der Waals surface area contributed by atoms with Gasteiger partial charge in [-0.25, -0.2) is 9.79 Å². The zero-order valence-corrected chi connectivity index (χ0v) is 20.6. The predicted molar refractivity (Wildman–Crippen MR) is 134 cm³/mol. The van der Waals surface area contributed by atoms with Crippen LogP contribution < -0.4 is 0 Å². The number of nitrogens with zero attached hydrogens (tertiary/aromatic N) is 1. The first-order chi connectivity index (χ1) is 15.9. The van der Waals surface area contributed by atoms with Gasteiger partial charge in [0.05, 0.1) is 34.7 Å². The Labute approximate surface area is 204 Å². The van der Waals surface area contributed by atoms with Gasteiger partial charge in [-0.3, -0.25) is 4.79 Å². The number of hydrogen-bond donors (Lipinski definition) is 0. The monoisotopic (exact) mass is 485 g/mol. The zero-order chi connectivity index (χ0) is 23.8. The molecule has 33 heavy (non-hydrogen) atoms. The minimum Gasteiger partial charge on any atom is -0.466 e. The SMILES string of the molecule is CCOC(=O)/C=C/[C@H](Cl)[C@@]1(CCC(=O)OCC)C(Sc2ccccc2C)=Nc2ccccc21. The van der Waals surface area contributed by atoms with E-state index in [2.05, 4.69) is 0 Å². The molecule has 2 aromatic carbocycles. The number of carbonyl (C=O) groups excluding carboxylic acids is 2. The van der Waals surface area contributed by atoms with E-state index < -0.39 is 16.8 Å². The van der Waals surface area contributed by atoms with Crippen LogP contribution in [0.5, 0.6) is 0 Å². The van der Waals surface area contributed by atoms with Crippen LogP contribution in [0.4, 0.5) is 5.69 Å². The van der Waals surface area contributed by atoms with E-state index in [9.17, 15) is 9.59 Å². The summed E-state index contributed by atoms with van der Waals surface area (Å²) in [5.74, 6) is -0.750. The normalized spacial score (nSPS) is 18.0. The number of para-hydroxylation sites is 1. The van der Waals surface area contributed by atoms with Crippen LogP contribution in [0.1, 0.15) is 37.8 Å². The van der Waals surface area contributed by atoms with Crippen LogP contribution in [0.2, 0.25) is 0 Å². The highest BCUT2D eigenvalue weighted by Crippen LogP contribution is 2.52. The Balaban J connectivity index is 2.07. The lowest BCUT2D eigenvalue weighted by Gasteiger charge is -2.35. The molecule has 174 valence electrons. The molecule has 0 aromatic heterocycles. The van der Waals surface area contributed by atoms with Crippen molar-refractivity contribution in [3.8, 4) is 0 Å². The van der Waals surface area contributed by atoms with Crippen LogP contribution >= 0.6 is 23.4 Å². The molecule has 0 radical (unpaired) electrons. The zero-order valence-electron chi connectivity index (χ0n) is 19.0. The van der Waals surface area contributed by atoms with Gasteiger partial charge in [0.1, 0.15) is 0 Å². The first-order valence-corrected chi connectivity index (χ1v) is 12.2. The molecule has 5 nitrogen and oxygen atoms in total. The molecular formula is C26H28ClNO4S. The quantitative estimate of drug-likeness (QED) is 0.242. The lowest BCUT2D eigenvalue weighted by Crippen LogP contribution is -2.40. The lowest BCUT2D eigenvalue weighted by molar-refractivity contribution is -0.143. The topological polar surface area (TPSA) is 65.0 Å². The molecule has 0 amide bonds. The highest BCUT2D eigenvalue weighted by atomic mass is 35.5. The fourth-order valence-electron chi connectivity index (χ4n) is 3.86. The number of carbonyl (C=O) groups is 2. The molecule has 0 bridgehead atoms. The summed E-state index contributed by atoms with van der Waals surface area (Å²) in [5, 5.41) is 0.144. The Hall–Kier alpha value is -2.57. The molecule has 2 atom stereocenters. The largest absolute Gasteiger partial charge is 0.466 e. The number of fused-ring (bicyclic) bond motifs is 1. The van der Waals surface area contributed by atoms with Crippen LogP contribution in [0, 0.1) is 6.92 Å². The van der Waals surface area contributed by atoms with Crippen molar-refractivity contribution in [3.63, 3.8) is 0 Å². The fraction of sp³-hybridized carbons (Fsp3) is 0.346. The predicted octanol–water partition coefficient (Wildman–Crippen LogP) is 6.14. The van der Waals surface area contributed by atoms with E-state index in [-0.39, 0.29) is 19.0 Å². The number of thioether (sulfide) groups is 1. The number of halogens is 1. The fourth-order valence-corrected chi connectivity index (χ4v) is 5.57. The summed E-state index contributed by atoms with van der Waals surface area (Å²) in [6.07, 6.45) is 3.55. The molecule has 0 N–H and O–H groups in total. The van der Waals surface area contributed by atoms with Crippen LogP contribution in [-0.4, -0.2) is 35.6 Å². The van der Waals surface area contributed by atoms with E-state index in [1.54, 1.807) is 31.7 Å². The molecule has 1 heterocycles. The van der Waals surface area contributed by atoms with Crippen LogP contribution in [0.3, 0.4) is 0 Å². The van der Waals surface area contributed by atoms with Gasteiger partial charge in [-0.15, -0.1) is 11.6 Å². The maximum Gasteiger partial charge on any atom is 0.330 e. The van der Waals surface area contributed by atoms with Crippen LogP contribution in [-0.2, 0) is 24.5 Å². The van der Waals surface area contributed by atoms with Gasteiger partial charge in [-0.1, -0.05) is 54.2 Å². The second-order valence-electron chi connectivity index (χ2n) is 7.59. The Kier molecular flexibility index (Phi) is 8.75. The van der Waals surface area contributed by atoms with Gasteiger partial charge in [0.25, 0.3) is 0 Å². The highest BCUT2D eigenvalue weighted by molar-refractivity contribution is 8.14. The van der Waals surface area contributed by atoms with E-state index >= 15 is 0 Å². The van der Waals surface area contributed by atoms with Gasteiger partial charge in [0.2, 0.25) is 0 Å². The average molecular weight is 486 g/mol. The Morgan fingerprint density at radius 1 is 1.09 bits per heavy atom. The Morgan fingerprint density at radius 3 is 2.52 bits per heavy atom. The third kappa shape index (κ3) is 5.68. The molecule has 0 unspecified atom stereocenters. The minimum absolute atomic E-state index is 0.173. The highest BCUT2D eigenvalue weighted by Gasteiger charge is 2.48. The molecule has 1 aliphatic heterocycles. The second kappa shape index (κ2) is 11.5. The van der Waals surface area contributed by atoms with Gasteiger partial charge in [0.15, 0.2) is 0 Å². The van der Waals surface area contributed by atoms with Crippen molar-refractivity contribution >= 4 is 46.0 Å². The standard InChI is InChI=1S/C26H28ClNO4S/c1-4-31-23(29)15-14-22(27)26(17-16-24(30)32-5-2)19-11-7-8-12-20(19)28-25(26)33-21-13-9-6-10-18(21)3/h6-15,22H,4-5,16-17H2,1-3H3/b15-14+/t22-,26-/m0/s1. The molecule has 3 rings (SSSR count). The minimum atomic E-state index is -0.805. The third-order valence-corrected chi connectivity index (χ3v) is 7.32. The number of alkyl halides is 1. The number of esters is 2. The number of aryl methyl sites for hydroxylation is 1. The van der Waals surface area contributed by atoms with E-state index in [0.29, 0.717) is 13.0 Å². The van der Waals surface area contributed by atoms with Crippen LogP contribution in [0.25, 0.3) is 0 Å².